The van der Waals surface area contributed by atoms with Gasteiger partial charge in [0.2, 0.25) is 0 Å². The highest BCUT2D eigenvalue weighted by Gasteiger charge is 2.55. The van der Waals surface area contributed by atoms with E-state index in [2.05, 4.69) is 24.3 Å². The summed E-state index contributed by atoms with van der Waals surface area (Å²) in [4.78, 5) is 0. The van der Waals surface area contributed by atoms with Gasteiger partial charge in [0, 0.05) is 0 Å². The number of benzene rings is 1. The second kappa shape index (κ2) is 3.35. The van der Waals surface area contributed by atoms with E-state index in [4.69, 9.17) is 0 Å². The van der Waals surface area contributed by atoms with Gasteiger partial charge >= 0.3 is 0 Å². The Morgan fingerprint density at radius 3 is 2.53 bits per heavy atom. The largest absolute Gasteiger partial charge is 0.385 e. The molecule has 0 radical (unpaired) electrons. The van der Waals surface area contributed by atoms with Crippen molar-refractivity contribution in [1.82, 2.24) is 0 Å². The molecule has 3 fully saturated rings. The van der Waals surface area contributed by atoms with Crippen LogP contribution in [-0.4, -0.2) is 5.11 Å². The molecular formula is C16H20O. The third kappa shape index (κ3) is 1.35. The average Bonchev–Trinajstić information content (AvgIpc) is 2.60. The maximum absolute atomic E-state index is 11.2. The first kappa shape index (κ1) is 10.1. The summed E-state index contributed by atoms with van der Waals surface area (Å²) >= 11 is 0. The summed E-state index contributed by atoms with van der Waals surface area (Å²) in [5.74, 6) is 3.04. The monoisotopic (exact) mass is 228 g/mol. The highest BCUT2D eigenvalue weighted by atomic mass is 16.3. The SMILES string of the molecule is O[C@@]1(c2ccccc2)C[C@@H]2C[C@@H]3CC1[C@H](C2)C3. The van der Waals surface area contributed by atoms with Crippen molar-refractivity contribution in [2.45, 2.75) is 37.7 Å². The lowest BCUT2D eigenvalue weighted by atomic mass is 9.63. The van der Waals surface area contributed by atoms with Crippen molar-refractivity contribution in [1.29, 1.82) is 0 Å². The van der Waals surface area contributed by atoms with E-state index in [0.29, 0.717) is 5.92 Å². The van der Waals surface area contributed by atoms with Gasteiger partial charge in [-0.05, 0) is 61.3 Å². The molecule has 3 aliphatic carbocycles. The minimum Gasteiger partial charge on any atom is -0.385 e. The highest BCUT2D eigenvalue weighted by Crippen LogP contribution is 2.61. The third-order valence-corrected chi connectivity index (χ3v) is 5.58. The van der Waals surface area contributed by atoms with Gasteiger partial charge in [0.15, 0.2) is 0 Å². The molecule has 3 aliphatic rings. The zero-order chi connectivity index (χ0) is 11.5. The number of aliphatic hydroxyl groups is 1. The molecule has 1 nitrogen and oxygen atoms in total. The number of hydrogen-bond donors (Lipinski definition) is 1. The minimum absolute atomic E-state index is 0.514. The van der Waals surface area contributed by atoms with Crippen molar-refractivity contribution in [3.8, 4) is 0 Å². The Morgan fingerprint density at radius 1 is 0.941 bits per heavy atom. The summed E-state index contributed by atoms with van der Waals surface area (Å²) < 4.78 is 0. The van der Waals surface area contributed by atoms with Crippen molar-refractivity contribution in [2.24, 2.45) is 23.7 Å². The van der Waals surface area contributed by atoms with Crippen LogP contribution in [0.5, 0.6) is 0 Å². The Kier molecular flexibility index (Phi) is 2.00. The van der Waals surface area contributed by atoms with Crippen LogP contribution in [0.2, 0.25) is 0 Å². The molecule has 1 aromatic rings. The molecule has 1 unspecified atom stereocenters. The molecule has 17 heavy (non-hydrogen) atoms. The Labute approximate surface area is 103 Å². The Morgan fingerprint density at radius 2 is 1.71 bits per heavy atom. The van der Waals surface area contributed by atoms with Crippen LogP contribution in [0, 0.1) is 23.7 Å². The predicted molar refractivity (Wildman–Crippen MR) is 67.4 cm³/mol. The molecule has 3 bridgehead atoms. The van der Waals surface area contributed by atoms with E-state index in [-0.39, 0.29) is 0 Å². The normalized spacial score (nSPS) is 47.4. The molecule has 0 spiro atoms. The summed E-state index contributed by atoms with van der Waals surface area (Å²) in [5.41, 5.74) is 0.655. The van der Waals surface area contributed by atoms with Crippen molar-refractivity contribution >= 4 is 0 Å². The van der Waals surface area contributed by atoms with Gasteiger partial charge in [-0.3, -0.25) is 0 Å². The van der Waals surface area contributed by atoms with E-state index in [1.54, 1.807) is 0 Å². The lowest BCUT2D eigenvalue weighted by Gasteiger charge is -2.45. The first-order valence-corrected chi connectivity index (χ1v) is 7.03. The van der Waals surface area contributed by atoms with Gasteiger partial charge in [-0.1, -0.05) is 30.3 Å². The van der Waals surface area contributed by atoms with E-state index in [9.17, 15) is 5.11 Å². The number of fused-ring (bicyclic) bond motifs is 2. The molecule has 90 valence electrons. The minimum atomic E-state index is -0.514. The summed E-state index contributed by atoms with van der Waals surface area (Å²) in [6.07, 6.45) is 6.43. The number of rotatable bonds is 1. The first-order valence-electron chi connectivity index (χ1n) is 7.03. The molecule has 1 heteroatoms. The second-order valence-corrected chi connectivity index (χ2v) is 6.54. The summed E-state index contributed by atoms with van der Waals surface area (Å²) in [6.45, 7) is 0. The van der Waals surface area contributed by atoms with Crippen LogP contribution in [0.15, 0.2) is 30.3 Å². The Bertz CT molecular complexity index is 424. The molecule has 1 N–H and O–H groups in total. The van der Waals surface area contributed by atoms with E-state index in [0.717, 1.165) is 24.2 Å². The van der Waals surface area contributed by atoms with Crippen molar-refractivity contribution in [2.75, 3.05) is 0 Å². The van der Waals surface area contributed by atoms with Gasteiger partial charge in [0.25, 0.3) is 0 Å². The summed E-state index contributed by atoms with van der Waals surface area (Å²) in [7, 11) is 0. The molecule has 0 aromatic heterocycles. The second-order valence-electron chi connectivity index (χ2n) is 6.54. The fourth-order valence-corrected chi connectivity index (χ4v) is 5.09. The molecule has 0 saturated heterocycles. The molecule has 1 aromatic carbocycles. The quantitative estimate of drug-likeness (QED) is 0.781. The van der Waals surface area contributed by atoms with Gasteiger partial charge in [0.1, 0.15) is 0 Å². The third-order valence-electron chi connectivity index (χ3n) is 5.58. The molecule has 0 heterocycles. The van der Waals surface area contributed by atoms with Gasteiger partial charge in [-0.25, -0.2) is 0 Å². The number of hydrogen-bond acceptors (Lipinski definition) is 1. The molecular weight excluding hydrogens is 208 g/mol. The van der Waals surface area contributed by atoms with Gasteiger partial charge < -0.3 is 5.11 Å². The highest BCUT2D eigenvalue weighted by molar-refractivity contribution is 5.26. The van der Waals surface area contributed by atoms with E-state index >= 15 is 0 Å². The first-order chi connectivity index (χ1) is 8.25. The summed E-state index contributed by atoms with van der Waals surface area (Å²) in [5, 5.41) is 11.2. The maximum atomic E-state index is 11.2. The van der Waals surface area contributed by atoms with E-state index < -0.39 is 5.60 Å². The lowest BCUT2D eigenvalue weighted by molar-refractivity contribution is -0.0870. The molecule has 4 rings (SSSR count). The fourth-order valence-electron chi connectivity index (χ4n) is 5.09. The maximum Gasteiger partial charge on any atom is 0.0929 e. The standard InChI is InChI=1S/C16H20O/c17-16(14-4-2-1-3-5-14)10-12-6-11-7-13(8-12)15(16)9-11/h1-5,11-13,15,17H,6-10H2/t11-,12+,13-,15?,16+/m0/s1. The zero-order valence-electron chi connectivity index (χ0n) is 10.2. The van der Waals surface area contributed by atoms with Crippen LogP contribution in [0.25, 0.3) is 0 Å². The van der Waals surface area contributed by atoms with E-state index in [1.165, 1.54) is 31.2 Å². The fraction of sp³-hybridized carbons (Fsp3) is 0.625. The van der Waals surface area contributed by atoms with Crippen LogP contribution >= 0.6 is 0 Å². The van der Waals surface area contributed by atoms with Crippen LogP contribution in [0.3, 0.4) is 0 Å². The van der Waals surface area contributed by atoms with Crippen molar-refractivity contribution < 1.29 is 5.11 Å². The predicted octanol–water partition coefficient (Wildman–Crippen LogP) is 3.33. The zero-order valence-corrected chi connectivity index (χ0v) is 10.2. The van der Waals surface area contributed by atoms with Gasteiger partial charge in [0.05, 0.1) is 5.60 Å². The van der Waals surface area contributed by atoms with Crippen LogP contribution in [0.4, 0.5) is 0 Å². The van der Waals surface area contributed by atoms with Gasteiger partial charge in [-0.2, -0.15) is 0 Å². The smallest absolute Gasteiger partial charge is 0.0929 e. The topological polar surface area (TPSA) is 20.2 Å². The van der Waals surface area contributed by atoms with Crippen molar-refractivity contribution in [3.05, 3.63) is 35.9 Å². The lowest BCUT2D eigenvalue weighted by Crippen LogP contribution is -2.43. The Balaban J connectivity index is 1.79. The van der Waals surface area contributed by atoms with Crippen LogP contribution in [0.1, 0.15) is 37.7 Å². The molecule has 0 aliphatic heterocycles. The Hall–Kier alpha value is -0.820. The average molecular weight is 228 g/mol. The van der Waals surface area contributed by atoms with Crippen molar-refractivity contribution in [3.63, 3.8) is 0 Å². The van der Waals surface area contributed by atoms with Gasteiger partial charge in [-0.15, -0.1) is 0 Å². The van der Waals surface area contributed by atoms with Crippen LogP contribution < -0.4 is 0 Å². The molecule has 5 atom stereocenters. The summed E-state index contributed by atoms with van der Waals surface area (Å²) in [6, 6.07) is 10.4. The van der Waals surface area contributed by atoms with Crippen LogP contribution in [-0.2, 0) is 5.60 Å². The molecule has 3 saturated carbocycles. The molecule has 0 amide bonds. The van der Waals surface area contributed by atoms with E-state index in [1.807, 2.05) is 6.07 Å².